The molecule has 2 N–H and O–H groups in total. The standard InChI is InChI=1S/C18H21F6N5O2S/c1-9-5-29(14(31)8-32-9)6-10(25)4-13(30)28-3-2-11-12(7-28)26-16(18(22,23)24)27-15(11)17(19,20)21/h9-10H,2-8,25H2,1H3/t9?,10-/m1/s1. The second kappa shape index (κ2) is 9.04. The van der Waals surface area contributed by atoms with Crippen LogP contribution in [0.1, 0.15) is 36.1 Å². The average Bonchev–Trinajstić information content (AvgIpc) is 2.67. The molecule has 32 heavy (non-hydrogen) atoms. The lowest BCUT2D eigenvalue weighted by molar-refractivity contribution is -0.153. The highest BCUT2D eigenvalue weighted by atomic mass is 32.2. The number of rotatable bonds is 4. The molecule has 178 valence electrons. The van der Waals surface area contributed by atoms with E-state index in [9.17, 15) is 35.9 Å². The van der Waals surface area contributed by atoms with E-state index < -0.39 is 53.6 Å². The van der Waals surface area contributed by atoms with Crippen LogP contribution in [0.2, 0.25) is 0 Å². The molecule has 3 heterocycles. The monoisotopic (exact) mass is 485 g/mol. The van der Waals surface area contributed by atoms with Gasteiger partial charge in [0.05, 0.1) is 18.0 Å². The van der Waals surface area contributed by atoms with E-state index in [1.54, 1.807) is 4.90 Å². The molecule has 0 spiro atoms. The molecule has 0 aromatic carbocycles. The summed E-state index contributed by atoms with van der Waals surface area (Å²) < 4.78 is 78.8. The quantitative estimate of drug-likeness (QED) is 0.657. The SMILES string of the molecule is CC1CN(C[C@H](N)CC(=O)N2CCc3c(nc(C(F)(F)F)nc3C(F)(F)F)C2)C(=O)CS1. The number of alkyl halides is 6. The number of amides is 2. The molecular formula is C18H21F6N5O2S. The summed E-state index contributed by atoms with van der Waals surface area (Å²) in [6.45, 7) is 1.94. The van der Waals surface area contributed by atoms with Gasteiger partial charge in [-0.05, 0) is 6.42 Å². The number of nitrogens with two attached hydrogens (primary N) is 1. The Morgan fingerprint density at radius 1 is 1.22 bits per heavy atom. The van der Waals surface area contributed by atoms with Crippen molar-refractivity contribution in [2.75, 3.05) is 25.4 Å². The molecule has 2 aliphatic heterocycles. The van der Waals surface area contributed by atoms with Crippen molar-refractivity contribution in [1.82, 2.24) is 19.8 Å². The number of hydrogen-bond donors (Lipinski definition) is 1. The molecule has 2 amide bonds. The van der Waals surface area contributed by atoms with E-state index in [1.165, 1.54) is 11.8 Å². The Balaban J connectivity index is 1.72. The highest BCUT2D eigenvalue weighted by molar-refractivity contribution is 8.00. The Morgan fingerprint density at radius 2 is 1.91 bits per heavy atom. The van der Waals surface area contributed by atoms with E-state index in [2.05, 4.69) is 9.97 Å². The van der Waals surface area contributed by atoms with Crippen LogP contribution in [0.25, 0.3) is 0 Å². The van der Waals surface area contributed by atoms with E-state index in [-0.39, 0.29) is 37.1 Å². The van der Waals surface area contributed by atoms with Crippen LogP contribution in [0.15, 0.2) is 0 Å². The molecule has 0 saturated carbocycles. The number of fused-ring (bicyclic) bond motifs is 1. The summed E-state index contributed by atoms with van der Waals surface area (Å²) >= 11 is 1.51. The van der Waals surface area contributed by atoms with Gasteiger partial charge in [0, 0.05) is 42.9 Å². The van der Waals surface area contributed by atoms with Crippen LogP contribution in [0.5, 0.6) is 0 Å². The van der Waals surface area contributed by atoms with Gasteiger partial charge in [-0.3, -0.25) is 9.59 Å². The second-order valence-electron chi connectivity index (χ2n) is 7.77. The molecule has 7 nitrogen and oxygen atoms in total. The number of halogens is 6. The summed E-state index contributed by atoms with van der Waals surface area (Å²) in [4.78, 5) is 33.3. The molecule has 3 rings (SSSR count). The molecule has 2 atom stereocenters. The zero-order valence-electron chi connectivity index (χ0n) is 17.0. The van der Waals surface area contributed by atoms with Gasteiger partial charge in [0.1, 0.15) is 0 Å². The van der Waals surface area contributed by atoms with Gasteiger partial charge in [-0.15, -0.1) is 11.8 Å². The number of nitrogens with zero attached hydrogens (tertiary/aromatic N) is 4. The molecule has 1 aromatic rings. The minimum atomic E-state index is -5.17. The molecule has 1 unspecified atom stereocenters. The zero-order chi connectivity index (χ0) is 23.8. The van der Waals surface area contributed by atoms with Gasteiger partial charge in [0.2, 0.25) is 17.6 Å². The predicted octanol–water partition coefficient (Wildman–Crippen LogP) is 2.08. The van der Waals surface area contributed by atoms with Crippen LogP contribution in [0, 0.1) is 0 Å². The van der Waals surface area contributed by atoms with Crippen molar-refractivity contribution >= 4 is 23.6 Å². The fourth-order valence-electron chi connectivity index (χ4n) is 3.65. The first-order valence-corrected chi connectivity index (χ1v) is 10.8. The van der Waals surface area contributed by atoms with Gasteiger partial charge in [0.25, 0.3) is 0 Å². The Morgan fingerprint density at radius 3 is 2.53 bits per heavy atom. The highest BCUT2D eigenvalue weighted by Crippen LogP contribution is 2.36. The first kappa shape index (κ1) is 24.6. The Hall–Kier alpha value is -2.09. The van der Waals surface area contributed by atoms with Gasteiger partial charge in [-0.1, -0.05) is 6.92 Å². The van der Waals surface area contributed by atoms with Crippen molar-refractivity contribution in [3.63, 3.8) is 0 Å². The van der Waals surface area contributed by atoms with E-state index in [0.29, 0.717) is 12.3 Å². The fraction of sp³-hybridized carbons (Fsp3) is 0.667. The minimum absolute atomic E-state index is 0.0982. The maximum Gasteiger partial charge on any atom is 0.451 e. The molecule has 2 aliphatic rings. The molecule has 1 fully saturated rings. The smallest absolute Gasteiger partial charge is 0.339 e. The zero-order valence-corrected chi connectivity index (χ0v) is 17.8. The first-order valence-electron chi connectivity index (χ1n) is 9.72. The van der Waals surface area contributed by atoms with Gasteiger partial charge >= 0.3 is 12.4 Å². The summed E-state index contributed by atoms with van der Waals surface area (Å²) in [6, 6.07) is -0.718. The maximum absolute atomic E-state index is 13.3. The van der Waals surface area contributed by atoms with E-state index in [4.69, 9.17) is 5.73 Å². The van der Waals surface area contributed by atoms with Crippen LogP contribution in [-0.2, 0) is 34.9 Å². The van der Waals surface area contributed by atoms with Gasteiger partial charge in [0.15, 0.2) is 5.69 Å². The lowest BCUT2D eigenvalue weighted by Crippen LogP contribution is -2.49. The van der Waals surface area contributed by atoms with Crippen LogP contribution in [0.3, 0.4) is 0 Å². The largest absolute Gasteiger partial charge is 0.451 e. The molecule has 0 bridgehead atoms. The lowest BCUT2D eigenvalue weighted by Gasteiger charge is -2.33. The summed E-state index contributed by atoms with van der Waals surface area (Å²) in [7, 11) is 0. The third-order valence-corrected chi connectivity index (χ3v) is 6.28. The Kier molecular flexibility index (Phi) is 6.94. The summed E-state index contributed by atoms with van der Waals surface area (Å²) in [6.07, 6.45) is -10.8. The van der Waals surface area contributed by atoms with Crippen molar-refractivity contribution in [3.8, 4) is 0 Å². The van der Waals surface area contributed by atoms with Crippen LogP contribution in [0.4, 0.5) is 26.3 Å². The number of hydrogen-bond acceptors (Lipinski definition) is 6. The van der Waals surface area contributed by atoms with Crippen molar-refractivity contribution in [3.05, 3.63) is 22.8 Å². The maximum atomic E-state index is 13.3. The van der Waals surface area contributed by atoms with Crippen LogP contribution < -0.4 is 5.73 Å². The second-order valence-corrected chi connectivity index (χ2v) is 9.19. The fourth-order valence-corrected chi connectivity index (χ4v) is 4.55. The summed E-state index contributed by atoms with van der Waals surface area (Å²) in [5.74, 6) is -2.21. The van der Waals surface area contributed by atoms with Crippen LogP contribution >= 0.6 is 11.8 Å². The third kappa shape index (κ3) is 5.63. The van der Waals surface area contributed by atoms with Crippen molar-refractivity contribution in [1.29, 1.82) is 0 Å². The molecule has 0 aliphatic carbocycles. The van der Waals surface area contributed by atoms with E-state index >= 15 is 0 Å². The summed E-state index contributed by atoms with van der Waals surface area (Å²) in [5.41, 5.74) is 3.45. The number of carbonyl (C=O) groups is 2. The first-order chi connectivity index (χ1) is 14.8. The number of thioether (sulfide) groups is 1. The molecule has 1 saturated heterocycles. The molecular weight excluding hydrogens is 464 g/mol. The molecule has 14 heteroatoms. The molecule has 0 radical (unpaired) electrons. The van der Waals surface area contributed by atoms with Gasteiger partial charge in [-0.2, -0.15) is 26.3 Å². The van der Waals surface area contributed by atoms with Gasteiger partial charge in [-0.25, -0.2) is 9.97 Å². The lowest BCUT2D eigenvalue weighted by atomic mass is 10.0. The Bertz CT molecular complexity index is 894. The van der Waals surface area contributed by atoms with Gasteiger partial charge < -0.3 is 15.5 Å². The third-order valence-electron chi connectivity index (χ3n) is 5.15. The minimum Gasteiger partial charge on any atom is -0.339 e. The number of carbonyl (C=O) groups excluding carboxylic acids is 2. The number of aromatic nitrogens is 2. The molecule has 1 aromatic heterocycles. The van der Waals surface area contributed by atoms with Crippen molar-refractivity contribution < 1.29 is 35.9 Å². The predicted molar refractivity (Wildman–Crippen MR) is 102 cm³/mol. The highest BCUT2D eigenvalue weighted by Gasteiger charge is 2.43. The van der Waals surface area contributed by atoms with Crippen molar-refractivity contribution in [2.24, 2.45) is 5.73 Å². The van der Waals surface area contributed by atoms with E-state index in [0.717, 1.165) is 4.90 Å². The average molecular weight is 485 g/mol. The van der Waals surface area contributed by atoms with E-state index in [1.807, 2.05) is 6.92 Å². The topological polar surface area (TPSA) is 92.4 Å². The summed E-state index contributed by atoms with van der Waals surface area (Å²) in [5, 5.41) is 0.222. The normalized spacial score (nSPS) is 20.9. The van der Waals surface area contributed by atoms with Crippen LogP contribution in [-0.4, -0.2) is 68.3 Å². The van der Waals surface area contributed by atoms with Crippen molar-refractivity contribution in [2.45, 2.75) is 50.0 Å². The Labute approximate surface area is 183 Å².